The van der Waals surface area contributed by atoms with Crippen molar-refractivity contribution in [2.24, 2.45) is 23.5 Å². The van der Waals surface area contributed by atoms with Gasteiger partial charge in [0.25, 0.3) is 0 Å². The monoisotopic (exact) mass is 514 g/mol. The number of nitrogens with two attached hydrogens (primary N) is 1. The van der Waals surface area contributed by atoms with Crippen LogP contribution in [0.25, 0.3) is 0 Å². The summed E-state index contributed by atoms with van der Waals surface area (Å²) >= 11 is 0. The number of aliphatic carboxylic acids is 2. The van der Waals surface area contributed by atoms with Crippen LogP contribution >= 0.6 is 0 Å². The Morgan fingerprint density at radius 1 is 1.00 bits per heavy atom. The van der Waals surface area contributed by atoms with E-state index in [4.69, 9.17) is 10.5 Å². The van der Waals surface area contributed by atoms with Gasteiger partial charge in [0.2, 0.25) is 17.7 Å². The number of ether oxygens (including phenoxy) is 1. The molecule has 0 radical (unpaired) electrons. The number of carbonyl (C=O) groups is 6. The van der Waals surface area contributed by atoms with E-state index in [2.05, 4.69) is 10.6 Å². The van der Waals surface area contributed by atoms with Crippen LogP contribution in [0.2, 0.25) is 0 Å². The van der Waals surface area contributed by atoms with Crippen LogP contribution in [-0.2, 0) is 28.7 Å². The molecule has 4 atom stereocenters. The van der Waals surface area contributed by atoms with E-state index >= 15 is 0 Å². The van der Waals surface area contributed by atoms with Crippen molar-refractivity contribution in [2.45, 2.75) is 78.0 Å². The van der Waals surface area contributed by atoms with Crippen molar-refractivity contribution in [3.8, 4) is 0 Å². The maximum absolute atomic E-state index is 13.2. The van der Waals surface area contributed by atoms with Gasteiger partial charge in [-0.05, 0) is 39.5 Å². The fourth-order valence-electron chi connectivity index (χ4n) is 3.85. The van der Waals surface area contributed by atoms with Crippen molar-refractivity contribution in [3.05, 3.63) is 0 Å². The van der Waals surface area contributed by atoms with Crippen LogP contribution in [0.15, 0.2) is 0 Å². The maximum Gasteiger partial charge on any atom is 0.408 e. The summed E-state index contributed by atoms with van der Waals surface area (Å²) < 4.78 is 5.27. The summed E-state index contributed by atoms with van der Waals surface area (Å²) in [5, 5.41) is 23.6. The van der Waals surface area contributed by atoms with Gasteiger partial charge >= 0.3 is 18.0 Å². The number of carbonyl (C=O) groups excluding carboxylic acids is 4. The number of nitrogens with zero attached hydrogens (tertiary/aromatic N) is 1. The highest BCUT2D eigenvalue weighted by molar-refractivity contribution is 5.91. The topological polar surface area (TPSA) is 205 Å². The Labute approximate surface area is 210 Å². The predicted molar refractivity (Wildman–Crippen MR) is 126 cm³/mol. The third-order valence-electron chi connectivity index (χ3n) is 6.03. The molecule has 6 N–H and O–H groups in total. The lowest BCUT2D eigenvalue weighted by Crippen LogP contribution is -2.55. The molecule has 1 aliphatic heterocycles. The molecule has 0 aliphatic carbocycles. The molecule has 0 unspecified atom stereocenters. The van der Waals surface area contributed by atoms with Gasteiger partial charge in [-0.15, -0.1) is 0 Å². The first-order chi connectivity index (χ1) is 16.6. The summed E-state index contributed by atoms with van der Waals surface area (Å²) in [7, 11) is 0. The van der Waals surface area contributed by atoms with Crippen molar-refractivity contribution in [1.29, 1.82) is 0 Å². The lowest BCUT2D eigenvalue weighted by Gasteiger charge is -2.36. The molecule has 0 bridgehead atoms. The zero-order valence-corrected chi connectivity index (χ0v) is 21.4. The minimum atomic E-state index is -1.84. The first-order valence-corrected chi connectivity index (χ1v) is 11.9. The van der Waals surface area contributed by atoms with Crippen LogP contribution < -0.4 is 16.4 Å². The normalized spacial score (nSPS) is 17.8. The molecule has 13 nitrogen and oxygen atoms in total. The minimum Gasteiger partial charge on any atom is -0.481 e. The Morgan fingerprint density at radius 3 is 1.97 bits per heavy atom. The highest BCUT2D eigenvalue weighted by Gasteiger charge is 2.39. The summed E-state index contributed by atoms with van der Waals surface area (Å²) in [5.41, 5.74) is 4.29. The van der Waals surface area contributed by atoms with Crippen molar-refractivity contribution >= 4 is 35.8 Å². The molecule has 0 aromatic carbocycles. The van der Waals surface area contributed by atoms with E-state index in [9.17, 15) is 39.0 Å². The molecule has 1 aliphatic rings. The van der Waals surface area contributed by atoms with Gasteiger partial charge in [-0.25, -0.2) is 9.59 Å². The fraction of sp³-hybridized carbons (Fsp3) is 0.739. The third kappa shape index (κ3) is 9.34. The number of hydrogen-bond acceptors (Lipinski definition) is 7. The van der Waals surface area contributed by atoms with Gasteiger partial charge in [-0.1, -0.05) is 20.3 Å². The Kier molecular flexibility index (Phi) is 11.1. The first kappa shape index (κ1) is 30.7. The average molecular weight is 515 g/mol. The van der Waals surface area contributed by atoms with Gasteiger partial charge in [-0.2, -0.15) is 0 Å². The van der Waals surface area contributed by atoms with E-state index in [0.717, 1.165) is 0 Å². The molecule has 36 heavy (non-hydrogen) atoms. The largest absolute Gasteiger partial charge is 0.481 e. The van der Waals surface area contributed by atoms with Crippen LogP contribution in [0.1, 0.15) is 60.3 Å². The van der Waals surface area contributed by atoms with Crippen molar-refractivity contribution < 1.29 is 43.7 Å². The standard InChI is InChI=1S/C23H38N4O9/c1-6-12(2)16(26-22(35)36-23(3,4)5)19(30)27-9-7-13(8-10-27)18(29)25-17(21(33)34)14(20(31)32)11-15(24)28/h12-14,16-17H,6-11H2,1-5H3,(H2,24,28)(H,25,29)(H,26,35)(H,31,32)(H,33,34)/t12-,14+,16-,17-/m0/s1. The van der Waals surface area contributed by atoms with Gasteiger partial charge in [0, 0.05) is 25.4 Å². The summed E-state index contributed by atoms with van der Waals surface area (Å²) in [5.74, 6) is -7.75. The highest BCUT2D eigenvalue weighted by atomic mass is 16.6. The predicted octanol–water partition coefficient (Wildman–Crippen LogP) is 0.310. The Hall–Kier alpha value is -3.38. The number of carboxylic acid groups (broad SMARTS) is 2. The number of piperidine rings is 1. The smallest absolute Gasteiger partial charge is 0.408 e. The van der Waals surface area contributed by atoms with Crippen molar-refractivity contribution in [1.82, 2.24) is 15.5 Å². The molecule has 1 heterocycles. The lowest BCUT2D eigenvalue weighted by molar-refractivity contribution is -0.153. The van der Waals surface area contributed by atoms with Crippen molar-refractivity contribution in [3.63, 3.8) is 0 Å². The van der Waals surface area contributed by atoms with Crippen LogP contribution in [-0.4, -0.2) is 81.6 Å². The van der Waals surface area contributed by atoms with Gasteiger partial charge in [-0.3, -0.25) is 19.2 Å². The molecule has 13 heteroatoms. The molecule has 0 spiro atoms. The zero-order chi connectivity index (χ0) is 27.8. The first-order valence-electron chi connectivity index (χ1n) is 11.9. The highest BCUT2D eigenvalue weighted by Crippen LogP contribution is 2.22. The second-order valence-electron chi connectivity index (χ2n) is 10.0. The van der Waals surface area contributed by atoms with E-state index < -0.39 is 65.8 Å². The fourth-order valence-corrected chi connectivity index (χ4v) is 3.85. The van der Waals surface area contributed by atoms with E-state index in [-0.39, 0.29) is 37.8 Å². The number of carboxylic acids is 2. The van der Waals surface area contributed by atoms with Crippen LogP contribution in [0.5, 0.6) is 0 Å². The number of nitrogens with one attached hydrogen (secondary N) is 2. The Morgan fingerprint density at radius 2 is 1.56 bits per heavy atom. The Bertz CT molecular complexity index is 847. The SMILES string of the molecule is CC[C@H](C)[C@H](NC(=O)OC(C)(C)C)C(=O)N1CCC(C(=O)N[C@H](C(=O)O)[C@@H](CC(N)=O)C(=O)O)CC1. The number of primary amides is 1. The molecule has 1 fully saturated rings. The van der Waals surface area contributed by atoms with E-state index in [1.54, 1.807) is 20.8 Å². The minimum absolute atomic E-state index is 0.180. The summed E-state index contributed by atoms with van der Waals surface area (Å²) in [6.45, 7) is 9.22. The van der Waals surface area contributed by atoms with Gasteiger partial charge in [0.05, 0.1) is 5.92 Å². The second-order valence-corrected chi connectivity index (χ2v) is 10.0. The summed E-state index contributed by atoms with van der Waals surface area (Å²) in [6, 6.07) is -2.66. The van der Waals surface area contributed by atoms with Crippen molar-refractivity contribution in [2.75, 3.05) is 13.1 Å². The zero-order valence-electron chi connectivity index (χ0n) is 21.4. The van der Waals surface area contributed by atoms with Gasteiger partial charge in [0.15, 0.2) is 0 Å². The number of alkyl carbamates (subject to hydrolysis) is 1. The second kappa shape index (κ2) is 13.1. The van der Waals surface area contributed by atoms with Gasteiger partial charge < -0.3 is 36.2 Å². The maximum atomic E-state index is 13.2. The van der Waals surface area contributed by atoms with E-state index in [1.807, 2.05) is 13.8 Å². The molecule has 1 saturated heterocycles. The summed E-state index contributed by atoms with van der Waals surface area (Å²) in [6.07, 6.45) is -0.424. The Balaban J connectivity index is 2.84. The third-order valence-corrected chi connectivity index (χ3v) is 6.03. The molecule has 0 saturated carbocycles. The lowest BCUT2D eigenvalue weighted by atomic mass is 9.91. The number of likely N-dealkylation sites (tertiary alicyclic amines) is 1. The average Bonchev–Trinajstić information content (AvgIpc) is 2.77. The van der Waals surface area contributed by atoms with Crippen LogP contribution in [0.3, 0.4) is 0 Å². The van der Waals surface area contributed by atoms with E-state index in [0.29, 0.717) is 6.42 Å². The van der Waals surface area contributed by atoms with Crippen LogP contribution in [0, 0.1) is 17.8 Å². The summed E-state index contributed by atoms with van der Waals surface area (Å²) in [4.78, 5) is 73.9. The van der Waals surface area contributed by atoms with Gasteiger partial charge in [0.1, 0.15) is 17.7 Å². The molecule has 1 rings (SSSR count). The number of amides is 4. The van der Waals surface area contributed by atoms with Crippen LogP contribution in [0.4, 0.5) is 4.79 Å². The quantitative estimate of drug-likeness (QED) is 0.257. The van der Waals surface area contributed by atoms with E-state index in [1.165, 1.54) is 4.90 Å². The molecule has 204 valence electrons. The molecule has 0 aromatic heterocycles. The number of hydrogen-bond donors (Lipinski definition) is 5. The molecular formula is C23H38N4O9. The molecule has 4 amide bonds. The molecular weight excluding hydrogens is 476 g/mol. The number of rotatable bonds is 11. The molecule has 0 aromatic rings.